The van der Waals surface area contributed by atoms with Gasteiger partial charge in [-0.3, -0.25) is 0 Å². The summed E-state index contributed by atoms with van der Waals surface area (Å²) in [6.45, 7) is 2.43. The zero-order valence-corrected chi connectivity index (χ0v) is 12.9. The lowest BCUT2D eigenvalue weighted by Gasteiger charge is -2.32. The van der Waals surface area contributed by atoms with Gasteiger partial charge in [0.05, 0.1) is 6.10 Å². The number of piperidine rings is 1. The number of amides is 2. The van der Waals surface area contributed by atoms with Gasteiger partial charge < -0.3 is 20.6 Å². The van der Waals surface area contributed by atoms with Crippen LogP contribution in [0.25, 0.3) is 0 Å². The van der Waals surface area contributed by atoms with E-state index in [0.29, 0.717) is 0 Å². The molecule has 0 aromatic carbocycles. The van der Waals surface area contributed by atoms with Crippen LogP contribution in [-0.2, 0) is 0 Å². The second-order valence-electron chi connectivity index (χ2n) is 5.97. The molecule has 2 amide bonds. The van der Waals surface area contributed by atoms with Crippen molar-refractivity contribution in [1.29, 1.82) is 0 Å². The summed E-state index contributed by atoms with van der Waals surface area (Å²) in [6, 6.07) is 2.79. The third-order valence-corrected chi connectivity index (χ3v) is 5.01. The largest absolute Gasteiger partial charge is 0.387 e. The first kappa shape index (κ1) is 14.8. The molecule has 2 aliphatic rings. The Morgan fingerprint density at radius 3 is 2.76 bits per heavy atom. The maximum Gasteiger partial charge on any atom is 0.315 e. The van der Waals surface area contributed by atoms with E-state index in [1.165, 1.54) is 12.8 Å². The van der Waals surface area contributed by atoms with Crippen molar-refractivity contribution >= 4 is 17.4 Å². The lowest BCUT2D eigenvalue weighted by Crippen LogP contribution is -2.48. The summed E-state index contributed by atoms with van der Waals surface area (Å²) in [6.07, 6.45) is 4.12. The fraction of sp³-hybridized carbons (Fsp3) is 0.667. The molecule has 1 saturated heterocycles. The van der Waals surface area contributed by atoms with Crippen molar-refractivity contribution in [3.05, 3.63) is 22.4 Å². The molecule has 1 aromatic rings. The van der Waals surface area contributed by atoms with Crippen LogP contribution in [0.2, 0.25) is 0 Å². The highest BCUT2D eigenvalue weighted by molar-refractivity contribution is 7.07. The van der Waals surface area contributed by atoms with Gasteiger partial charge >= 0.3 is 6.03 Å². The SMILES string of the molecule is O=C(NCC(O)c1ccsc1)NC1CCN(C2CC2)CC1. The number of hydrogen-bond acceptors (Lipinski definition) is 4. The van der Waals surface area contributed by atoms with Crippen LogP contribution < -0.4 is 10.6 Å². The number of thiophene rings is 1. The molecular formula is C15H23N3O2S. The minimum atomic E-state index is -0.626. The molecule has 1 unspecified atom stereocenters. The average molecular weight is 309 g/mol. The van der Waals surface area contributed by atoms with Gasteiger partial charge in [-0.25, -0.2) is 4.79 Å². The van der Waals surface area contributed by atoms with Gasteiger partial charge in [-0.1, -0.05) is 0 Å². The molecule has 0 spiro atoms. The molecule has 21 heavy (non-hydrogen) atoms. The van der Waals surface area contributed by atoms with Crippen molar-refractivity contribution in [3.8, 4) is 0 Å². The number of likely N-dealkylation sites (tertiary alicyclic amines) is 1. The van der Waals surface area contributed by atoms with Crippen molar-refractivity contribution in [2.45, 2.75) is 43.9 Å². The molecule has 5 nitrogen and oxygen atoms in total. The molecule has 0 radical (unpaired) electrons. The lowest BCUT2D eigenvalue weighted by atomic mass is 10.1. The number of nitrogens with zero attached hydrogens (tertiary/aromatic N) is 1. The highest BCUT2D eigenvalue weighted by Crippen LogP contribution is 2.29. The first-order valence-electron chi connectivity index (χ1n) is 7.71. The Kier molecular flexibility index (Phi) is 4.77. The van der Waals surface area contributed by atoms with E-state index in [1.807, 2.05) is 16.8 Å². The highest BCUT2D eigenvalue weighted by Gasteiger charge is 2.32. The number of hydrogen-bond donors (Lipinski definition) is 3. The number of aliphatic hydroxyl groups is 1. The molecular weight excluding hydrogens is 286 g/mol. The van der Waals surface area contributed by atoms with E-state index in [9.17, 15) is 9.90 Å². The van der Waals surface area contributed by atoms with E-state index in [1.54, 1.807) is 11.3 Å². The molecule has 1 aliphatic heterocycles. The Balaban J connectivity index is 1.34. The Labute approximate surface area is 129 Å². The number of nitrogens with one attached hydrogen (secondary N) is 2. The molecule has 1 atom stereocenters. The first-order valence-corrected chi connectivity index (χ1v) is 8.65. The molecule has 3 rings (SSSR count). The average Bonchev–Trinajstić information content (AvgIpc) is 3.20. The first-order chi connectivity index (χ1) is 10.2. The monoisotopic (exact) mass is 309 g/mol. The molecule has 3 N–H and O–H groups in total. The normalized spacial score (nSPS) is 22.0. The van der Waals surface area contributed by atoms with Crippen LogP contribution in [0.4, 0.5) is 4.79 Å². The van der Waals surface area contributed by atoms with E-state index in [0.717, 1.165) is 37.5 Å². The van der Waals surface area contributed by atoms with Crippen molar-refractivity contribution in [2.75, 3.05) is 19.6 Å². The summed E-state index contributed by atoms with van der Waals surface area (Å²) in [5.41, 5.74) is 0.859. The quantitative estimate of drug-likeness (QED) is 0.776. The second kappa shape index (κ2) is 6.77. The third kappa shape index (κ3) is 4.18. The van der Waals surface area contributed by atoms with E-state index in [2.05, 4.69) is 15.5 Å². The number of carbonyl (C=O) groups excluding carboxylic acids is 1. The van der Waals surface area contributed by atoms with Crippen molar-refractivity contribution in [3.63, 3.8) is 0 Å². The Morgan fingerprint density at radius 1 is 1.38 bits per heavy atom. The van der Waals surface area contributed by atoms with Crippen molar-refractivity contribution in [2.24, 2.45) is 0 Å². The zero-order chi connectivity index (χ0) is 14.7. The fourth-order valence-corrected chi connectivity index (χ4v) is 3.56. The van der Waals surface area contributed by atoms with Crippen molar-refractivity contribution in [1.82, 2.24) is 15.5 Å². The van der Waals surface area contributed by atoms with Crippen molar-refractivity contribution < 1.29 is 9.90 Å². The molecule has 116 valence electrons. The topological polar surface area (TPSA) is 64.6 Å². The van der Waals surface area contributed by atoms with Gasteiger partial charge in [0.15, 0.2) is 0 Å². The van der Waals surface area contributed by atoms with Crippen LogP contribution in [0.3, 0.4) is 0 Å². The van der Waals surface area contributed by atoms with Crippen LogP contribution in [0.5, 0.6) is 0 Å². The molecule has 0 bridgehead atoms. The van der Waals surface area contributed by atoms with Gasteiger partial charge in [0, 0.05) is 31.7 Å². The summed E-state index contributed by atoms with van der Waals surface area (Å²) >= 11 is 1.55. The minimum Gasteiger partial charge on any atom is -0.387 e. The van der Waals surface area contributed by atoms with Gasteiger partial charge in [0.1, 0.15) is 0 Å². The standard InChI is InChI=1S/C15H23N3O2S/c19-14(11-5-8-21-10-11)9-16-15(20)17-12-3-6-18(7-4-12)13-1-2-13/h5,8,10,12-14,19H,1-4,6-7,9H2,(H2,16,17,20). The number of rotatable bonds is 5. The van der Waals surface area contributed by atoms with Crippen LogP contribution in [0.15, 0.2) is 16.8 Å². The smallest absolute Gasteiger partial charge is 0.315 e. The highest BCUT2D eigenvalue weighted by atomic mass is 32.1. The zero-order valence-electron chi connectivity index (χ0n) is 12.1. The van der Waals surface area contributed by atoms with E-state index in [4.69, 9.17) is 0 Å². The lowest BCUT2D eigenvalue weighted by molar-refractivity contribution is 0.167. The van der Waals surface area contributed by atoms with Crippen LogP contribution >= 0.6 is 11.3 Å². The number of aliphatic hydroxyl groups excluding tert-OH is 1. The fourth-order valence-electron chi connectivity index (χ4n) is 2.86. The van der Waals surface area contributed by atoms with Gasteiger partial charge in [0.2, 0.25) is 0 Å². The maximum absolute atomic E-state index is 11.9. The van der Waals surface area contributed by atoms with Gasteiger partial charge in [-0.2, -0.15) is 11.3 Å². The Hall–Kier alpha value is -1.11. The molecule has 2 fully saturated rings. The molecule has 6 heteroatoms. The predicted molar refractivity (Wildman–Crippen MR) is 83.4 cm³/mol. The predicted octanol–water partition coefficient (Wildman–Crippen LogP) is 1.71. The molecule has 1 aromatic heterocycles. The van der Waals surface area contributed by atoms with Crippen LogP contribution in [0.1, 0.15) is 37.4 Å². The van der Waals surface area contributed by atoms with Gasteiger partial charge in [-0.05, 0) is 48.1 Å². The van der Waals surface area contributed by atoms with Gasteiger partial charge in [0.25, 0.3) is 0 Å². The molecule has 1 saturated carbocycles. The Bertz CT molecular complexity index is 453. The molecule has 2 heterocycles. The number of urea groups is 1. The van der Waals surface area contributed by atoms with Crippen LogP contribution in [-0.4, -0.2) is 47.8 Å². The van der Waals surface area contributed by atoms with Crippen LogP contribution in [0, 0.1) is 0 Å². The Morgan fingerprint density at radius 2 is 2.14 bits per heavy atom. The van der Waals surface area contributed by atoms with E-state index >= 15 is 0 Å². The van der Waals surface area contributed by atoms with E-state index < -0.39 is 6.10 Å². The van der Waals surface area contributed by atoms with E-state index in [-0.39, 0.29) is 18.6 Å². The summed E-state index contributed by atoms with van der Waals surface area (Å²) in [7, 11) is 0. The number of carbonyl (C=O) groups is 1. The summed E-state index contributed by atoms with van der Waals surface area (Å²) in [4.78, 5) is 14.4. The van der Waals surface area contributed by atoms with Gasteiger partial charge in [-0.15, -0.1) is 0 Å². The minimum absolute atomic E-state index is 0.172. The summed E-state index contributed by atoms with van der Waals surface area (Å²) in [5.74, 6) is 0. The third-order valence-electron chi connectivity index (χ3n) is 4.31. The maximum atomic E-state index is 11.9. The molecule has 1 aliphatic carbocycles. The summed E-state index contributed by atoms with van der Waals surface area (Å²) in [5, 5.41) is 19.5. The summed E-state index contributed by atoms with van der Waals surface area (Å²) < 4.78 is 0. The second-order valence-corrected chi connectivity index (χ2v) is 6.75.